The van der Waals surface area contributed by atoms with Crippen molar-refractivity contribution < 1.29 is 34.1 Å². The molecule has 10 nitrogen and oxygen atoms in total. The van der Waals surface area contributed by atoms with E-state index in [0.717, 1.165) is 0 Å². The third-order valence-electron chi connectivity index (χ3n) is 5.00. The van der Waals surface area contributed by atoms with Crippen molar-refractivity contribution in [2.75, 3.05) is 13.7 Å². The number of carbonyl (C=O) groups is 4. The molecule has 36 heavy (non-hydrogen) atoms. The Morgan fingerprint density at radius 2 is 1.78 bits per heavy atom. The average Bonchev–Trinajstić information content (AvgIpc) is 3.33. The van der Waals surface area contributed by atoms with Crippen LogP contribution in [0.25, 0.3) is 0 Å². The van der Waals surface area contributed by atoms with Gasteiger partial charge in [0.05, 0.1) is 23.3 Å². The fourth-order valence-electron chi connectivity index (χ4n) is 3.13. The second-order valence-electron chi connectivity index (χ2n) is 7.48. The van der Waals surface area contributed by atoms with Crippen LogP contribution in [-0.2, 0) is 11.3 Å². The molecule has 0 aliphatic carbocycles. The highest BCUT2D eigenvalue weighted by atomic mass is 35.5. The van der Waals surface area contributed by atoms with E-state index in [1.165, 1.54) is 48.8 Å². The molecule has 0 saturated heterocycles. The van der Waals surface area contributed by atoms with E-state index >= 15 is 0 Å². The van der Waals surface area contributed by atoms with Gasteiger partial charge in [-0.3, -0.25) is 14.4 Å². The van der Waals surface area contributed by atoms with Crippen molar-refractivity contribution in [2.45, 2.75) is 12.6 Å². The summed E-state index contributed by atoms with van der Waals surface area (Å²) in [6.45, 7) is -0.220. The molecule has 0 radical (unpaired) electrons. The summed E-state index contributed by atoms with van der Waals surface area (Å²) < 4.78 is 5.08. The first-order valence-corrected chi connectivity index (χ1v) is 11.8. The summed E-state index contributed by atoms with van der Waals surface area (Å²) in [4.78, 5) is 49.1. The number of phenols is 1. The van der Waals surface area contributed by atoms with Gasteiger partial charge in [0.15, 0.2) is 0 Å². The summed E-state index contributed by atoms with van der Waals surface area (Å²) in [7, 11) is 1.41. The lowest BCUT2D eigenvalue weighted by molar-refractivity contribution is -0.139. The predicted molar refractivity (Wildman–Crippen MR) is 133 cm³/mol. The quantitative estimate of drug-likeness (QED) is 0.269. The second kappa shape index (κ2) is 12.0. The number of halogens is 1. The van der Waals surface area contributed by atoms with Crippen molar-refractivity contribution in [3.63, 3.8) is 0 Å². The van der Waals surface area contributed by atoms with E-state index in [-0.39, 0.29) is 40.6 Å². The number of aromatic hydroxyl groups is 1. The molecule has 0 bridgehead atoms. The van der Waals surface area contributed by atoms with Crippen LogP contribution in [0.2, 0.25) is 5.02 Å². The van der Waals surface area contributed by atoms with E-state index in [1.54, 1.807) is 22.9 Å². The Morgan fingerprint density at radius 1 is 1.00 bits per heavy atom. The van der Waals surface area contributed by atoms with Gasteiger partial charge < -0.3 is 30.9 Å². The molecule has 3 aromatic rings. The number of ether oxygens (including phenoxy) is 1. The second-order valence-corrected chi connectivity index (χ2v) is 8.63. The minimum Gasteiger partial charge on any atom is -0.508 e. The van der Waals surface area contributed by atoms with Crippen LogP contribution >= 0.6 is 22.9 Å². The Balaban J connectivity index is 1.61. The molecule has 188 valence electrons. The van der Waals surface area contributed by atoms with Crippen molar-refractivity contribution in [2.24, 2.45) is 0 Å². The number of carbonyl (C=O) groups excluding carboxylic acids is 3. The fourth-order valence-corrected chi connectivity index (χ4v) is 4.17. The van der Waals surface area contributed by atoms with Gasteiger partial charge in [-0.05, 0) is 35.9 Å². The molecule has 0 aliphatic rings. The first-order valence-electron chi connectivity index (χ1n) is 10.5. The number of hydrogen-bond donors (Lipinski definition) is 5. The van der Waals surface area contributed by atoms with Crippen LogP contribution in [0.4, 0.5) is 0 Å². The first-order chi connectivity index (χ1) is 17.2. The molecule has 0 saturated carbocycles. The van der Waals surface area contributed by atoms with E-state index in [0.29, 0.717) is 11.3 Å². The minimum atomic E-state index is -1.44. The lowest BCUT2D eigenvalue weighted by Gasteiger charge is -2.16. The van der Waals surface area contributed by atoms with Gasteiger partial charge in [0.25, 0.3) is 17.7 Å². The largest absolute Gasteiger partial charge is 0.508 e. The number of aliphatic carboxylic acids is 1. The highest BCUT2D eigenvalue weighted by molar-refractivity contribution is 7.08. The molecular formula is C24H22ClN3O7S. The van der Waals surface area contributed by atoms with E-state index in [9.17, 15) is 29.4 Å². The van der Waals surface area contributed by atoms with Crippen LogP contribution in [0.5, 0.6) is 11.5 Å². The molecule has 12 heteroatoms. The van der Waals surface area contributed by atoms with Crippen molar-refractivity contribution in [3.8, 4) is 11.5 Å². The van der Waals surface area contributed by atoms with Gasteiger partial charge in [0.2, 0.25) is 0 Å². The molecule has 1 atom stereocenters. The maximum absolute atomic E-state index is 12.7. The van der Waals surface area contributed by atoms with Crippen LogP contribution in [0.15, 0.2) is 53.2 Å². The number of amides is 3. The molecule has 1 aromatic heterocycles. The summed E-state index contributed by atoms with van der Waals surface area (Å²) in [5, 5.41) is 29.6. The molecule has 3 rings (SSSR count). The summed E-state index contributed by atoms with van der Waals surface area (Å²) in [6, 6.07) is 8.93. The first kappa shape index (κ1) is 26.5. The Kier molecular flexibility index (Phi) is 8.87. The zero-order valence-corrected chi connectivity index (χ0v) is 20.5. The van der Waals surface area contributed by atoms with Crippen LogP contribution in [0.1, 0.15) is 36.6 Å². The predicted octanol–water partition coefficient (Wildman–Crippen LogP) is 2.66. The number of rotatable bonds is 10. The Morgan fingerprint density at radius 3 is 2.44 bits per heavy atom. The van der Waals surface area contributed by atoms with Gasteiger partial charge in [-0.15, -0.1) is 11.3 Å². The minimum absolute atomic E-state index is 0.0433. The van der Waals surface area contributed by atoms with Gasteiger partial charge in [-0.25, -0.2) is 4.79 Å². The van der Waals surface area contributed by atoms with Crippen LogP contribution in [-0.4, -0.2) is 53.6 Å². The van der Waals surface area contributed by atoms with E-state index in [4.69, 9.17) is 16.3 Å². The smallest absolute Gasteiger partial charge is 0.328 e. The molecule has 2 aromatic carbocycles. The molecule has 0 aliphatic heterocycles. The highest BCUT2D eigenvalue weighted by Gasteiger charge is 2.24. The Hall–Kier alpha value is -4.09. The Labute approximate surface area is 214 Å². The summed E-state index contributed by atoms with van der Waals surface area (Å²) in [5.41, 5.74) is 1.08. The van der Waals surface area contributed by atoms with E-state index in [1.807, 2.05) is 0 Å². The van der Waals surface area contributed by atoms with Gasteiger partial charge in [-0.2, -0.15) is 0 Å². The monoisotopic (exact) mass is 531 g/mol. The molecule has 5 N–H and O–H groups in total. The van der Waals surface area contributed by atoms with E-state index in [2.05, 4.69) is 16.0 Å². The van der Waals surface area contributed by atoms with Crippen molar-refractivity contribution in [1.82, 2.24) is 16.0 Å². The Bertz CT molecular complexity index is 1290. The maximum Gasteiger partial charge on any atom is 0.328 e. The lowest BCUT2D eigenvalue weighted by Crippen LogP contribution is -2.48. The number of benzene rings is 2. The average molecular weight is 532 g/mol. The number of hydrogen-bond acceptors (Lipinski definition) is 7. The van der Waals surface area contributed by atoms with Crippen LogP contribution in [0, 0.1) is 0 Å². The number of methoxy groups -OCH3 is 1. The fraction of sp³-hybridized carbons (Fsp3) is 0.167. The zero-order valence-electron chi connectivity index (χ0n) is 18.9. The van der Waals surface area contributed by atoms with Crippen LogP contribution in [0.3, 0.4) is 0 Å². The zero-order chi connectivity index (χ0) is 26.2. The van der Waals surface area contributed by atoms with Crippen molar-refractivity contribution in [3.05, 3.63) is 80.5 Å². The van der Waals surface area contributed by atoms with Gasteiger partial charge >= 0.3 is 5.97 Å². The third kappa shape index (κ3) is 6.74. The number of carboxylic acid groups (broad SMARTS) is 1. The maximum atomic E-state index is 12.7. The number of carboxylic acids is 1. The molecule has 0 spiro atoms. The van der Waals surface area contributed by atoms with Gasteiger partial charge in [-0.1, -0.05) is 23.7 Å². The van der Waals surface area contributed by atoms with E-state index < -0.39 is 29.7 Å². The summed E-state index contributed by atoms with van der Waals surface area (Å²) in [5.74, 6) is -2.73. The topological polar surface area (TPSA) is 154 Å². The number of thiophene rings is 1. The normalized spacial score (nSPS) is 11.3. The van der Waals surface area contributed by atoms with Gasteiger partial charge in [0.1, 0.15) is 17.5 Å². The standard InChI is InChI=1S/C24H22ClN3O7S/c1-35-20-12-36-11-17(20)22(31)27-10-19(24(33)34)28-23(32)16-6-5-14(8-18(16)25)21(30)26-9-13-3-2-4-15(29)7-13/h2-8,11-12,19,29H,9-10H2,1H3,(H,26,30)(H,27,31)(H,28,32)(H,33,34)/t19-/m0/s1. The van der Waals surface area contributed by atoms with Crippen LogP contribution < -0.4 is 20.7 Å². The summed E-state index contributed by atoms with van der Waals surface area (Å²) in [6.07, 6.45) is 0. The third-order valence-corrected chi connectivity index (χ3v) is 6.04. The number of nitrogens with one attached hydrogen (secondary N) is 3. The SMILES string of the molecule is COc1cscc1C(=O)NC[C@H](NC(=O)c1ccc(C(=O)NCc2cccc(O)c2)cc1Cl)C(=O)O. The number of phenolic OH excluding ortho intramolecular Hbond substituents is 1. The molecule has 0 unspecified atom stereocenters. The molecule has 1 heterocycles. The summed E-state index contributed by atoms with van der Waals surface area (Å²) >= 11 is 7.44. The lowest BCUT2D eigenvalue weighted by atomic mass is 10.1. The molecular weight excluding hydrogens is 510 g/mol. The van der Waals surface area contributed by atoms with Crippen molar-refractivity contribution in [1.29, 1.82) is 0 Å². The van der Waals surface area contributed by atoms with Gasteiger partial charge in [0, 0.05) is 29.4 Å². The highest BCUT2D eigenvalue weighted by Crippen LogP contribution is 2.23. The molecule has 0 fully saturated rings. The molecule has 3 amide bonds. The van der Waals surface area contributed by atoms with Crippen molar-refractivity contribution >= 4 is 46.6 Å².